The van der Waals surface area contributed by atoms with Crippen molar-refractivity contribution >= 4 is 34.9 Å². The number of halogens is 1. The van der Waals surface area contributed by atoms with Crippen molar-refractivity contribution in [2.45, 2.75) is 12.8 Å². The second-order valence-corrected chi connectivity index (χ2v) is 5.66. The molecule has 0 unspecified atom stereocenters. The third-order valence-electron chi connectivity index (χ3n) is 2.73. The summed E-state index contributed by atoms with van der Waals surface area (Å²) in [4.78, 5) is 4.19. The Morgan fingerprint density at radius 3 is 2.88 bits per heavy atom. The van der Waals surface area contributed by atoms with Gasteiger partial charge in [-0.1, -0.05) is 11.6 Å². The Morgan fingerprint density at radius 1 is 1.44 bits per heavy atom. The maximum Gasteiger partial charge on any atom is 0.133 e. The number of hydrogen-bond donors (Lipinski definition) is 2. The summed E-state index contributed by atoms with van der Waals surface area (Å²) in [7, 11) is 0. The average Bonchev–Trinajstić information content (AvgIpc) is 2.27. The highest BCUT2D eigenvalue weighted by Crippen LogP contribution is 2.23. The number of rotatable bonds is 3. The molecular weight excluding hydrogens is 242 g/mol. The highest BCUT2D eigenvalue weighted by atomic mass is 35.5. The topological polar surface area (TPSA) is 50.9 Å². The largest absolute Gasteiger partial charge is 0.399 e. The molecule has 0 amide bonds. The Morgan fingerprint density at radius 2 is 2.19 bits per heavy atom. The summed E-state index contributed by atoms with van der Waals surface area (Å²) in [5, 5.41) is 3.76. The molecule has 0 aromatic carbocycles. The second-order valence-electron chi connectivity index (χ2n) is 4.05. The molecule has 3 nitrogen and oxygen atoms in total. The summed E-state index contributed by atoms with van der Waals surface area (Å²) in [5.41, 5.74) is 6.35. The van der Waals surface area contributed by atoms with E-state index < -0.39 is 0 Å². The van der Waals surface area contributed by atoms with Crippen molar-refractivity contribution in [3.8, 4) is 0 Å². The molecular formula is C11H16ClN3S. The van der Waals surface area contributed by atoms with E-state index in [1.165, 1.54) is 24.3 Å². The van der Waals surface area contributed by atoms with E-state index in [9.17, 15) is 0 Å². The van der Waals surface area contributed by atoms with Crippen LogP contribution in [0.15, 0.2) is 12.1 Å². The van der Waals surface area contributed by atoms with Crippen molar-refractivity contribution < 1.29 is 0 Å². The van der Waals surface area contributed by atoms with Crippen LogP contribution in [0.1, 0.15) is 12.8 Å². The molecule has 16 heavy (non-hydrogen) atoms. The molecule has 0 spiro atoms. The highest BCUT2D eigenvalue weighted by molar-refractivity contribution is 7.99. The first kappa shape index (κ1) is 11.9. The number of anilines is 2. The van der Waals surface area contributed by atoms with Crippen LogP contribution in [-0.4, -0.2) is 23.0 Å². The van der Waals surface area contributed by atoms with Gasteiger partial charge >= 0.3 is 0 Å². The zero-order chi connectivity index (χ0) is 11.4. The van der Waals surface area contributed by atoms with Crippen LogP contribution in [0, 0.1) is 5.92 Å². The summed E-state index contributed by atoms with van der Waals surface area (Å²) in [6.45, 7) is 0.966. The Kier molecular flexibility index (Phi) is 4.18. The van der Waals surface area contributed by atoms with Crippen molar-refractivity contribution in [3.63, 3.8) is 0 Å². The fourth-order valence-electron chi connectivity index (χ4n) is 1.81. The maximum atomic E-state index is 5.84. The van der Waals surface area contributed by atoms with E-state index >= 15 is 0 Å². The molecule has 5 heteroatoms. The predicted molar refractivity (Wildman–Crippen MR) is 72.2 cm³/mol. The summed E-state index contributed by atoms with van der Waals surface area (Å²) in [6.07, 6.45) is 2.57. The van der Waals surface area contributed by atoms with Crippen molar-refractivity contribution in [2.75, 3.05) is 29.1 Å². The van der Waals surface area contributed by atoms with Crippen molar-refractivity contribution in [2.24, 2.45) is 5.92 Å². The van der Waals surface area contributed by atoms with Gasteiger partial charge in [0.1, 0.15) is 11.0 Å². The summed E-state index contributed by atoms with van der Waals surface area (Å²) < 4.78 is 0. The minimum absolute atomic E-state index is 0.446. The molecule has 1 aromatic rings. The van der Waals surface area contributed by atoms with Gasteiger partial charge in [-0.3, -0.25) is 0 Å². The summed E-state index contributed by atoms with van der Waals surface area (Å²) >= 11 is 7.88. The number of aromatic nitrogens is 1. The number of nitrogens with one attached hydrogen (secondary N) is 1. The molecule has 2 heterocycles. The monoisotopic (exact) mass is 257 g/mol. The van der Waals surface area contributed by atoms with Crippen LogP contribution in [0.4, 0.5) is 11.5 Å². The summed E-state index contributed by atoms with van der Waals surface area (Å²) in [5.74, 6) is 4.08. The van der Waals surface area contributed by atoms with E-state index in [0.717, 1.165) is 18.3 Å². The van der Waals surface area contributed by atoms with Crippen LogP contribution in [-0.2, 0) is 0 Å². The second kappa shape index (κ2) is 5.64. The van der Waals surface area contributed by atoms with E-state index in [0.29, 0.717) is 10.8 Å². The predicted octanol–water partition coefficient (Wildman–Crippen LogP) is 2.87. The van der Waals surface area contributed by atoms with Crippen LogP contribution < -0.4 is 11.1 Å². The standard InChI is InChI=1S/C11H16ClN3S/c12-10-5-9(13)6-11(15-10)14-7-8-1-3-16-4-2-8/h5-6,8H,1-4,7H2,(H3,13,14,15). The highest BCUT2D eigenvalue weighted by Gasteiger charge is 2.13. The van der Waals surface area contributed by atoms with Gasteiger partial charge in [-0.2, -0.15) is 11.8 Å². The first-order valence-corrected chi connectivity index (χ1v) is 7.02. The Balaban J connectivity index is 1.88. The lowest BCUT2D eigenvalue weighted by Gasteiger charge is -2.21. The molecule has 2 rings (SSSR count). The normalized spacial score (nSPS) is 17.3. The Hall–Kier alpha value is -0.610. The number of nitrogen functional groups attached to an aromatic ring is 1. The van der Waals surface area contributed by atoms with Crippen LogP contribution in [0.25, 0.3) is 0 Å². The number of nitrogens with two attached hydrogens (primary N) is 1. The van der Waals surface area contributed by atoms with E-state index in [2.05, 4.69) is 10.3 Å². The van der Waals surface area contributed by atoms with Gasteiger partial charge in [0.25, 0.3) is 0 Å². The number of thioether (sulfide) groups is 1. The van der Waals surface area contributed by atoms with Gasteiger partial charge in [0, 0.05) is 18.3 Å². The minimum Gasteiger partial charge on any atom is -0.399 e. The molecule has 0 aliphatic carbocycles. The zero-order valence-electron chi connectivity index (χ0n) is 9.08. The zero-order valence-corrected chi connectivity index (χ0v) is 10.7. The smallest absolute Gasteiger partial charge is 0.133 e. The minimum atomic E-state index is 0.446. The molecule has 1 fully saturated rings. The van der Waals surface area contributed by atoms with Crippen molar-refractivity contribution in [1.29, 1.82) is 0 Å². The van der Waals surface area contributed by atoms with Crippen LogP contribution in [0.3, 0.4) is 0 Å². The number of pyridine rings is 1. The molecule has 0 saturated carbocycles. The third-order valence-corrected chi connectivity index (χ3v) is 3.97. The average molecular weight is 258 g/mol. The van der Waals surface area contributed by atoms with E-state index in [4.69, 9.17) is 17.3 Å². The maximum absolute atomic E-state index is 5.84. The van der Waals surface area contributed by atoms with E-state index in [1.807, 2.05) is 17.8 Å². The van der Waals surface area contributed by atoms with Gasteiger partial charge < -0.3 is 11.1 Å². The van der Waals surface area contributed by atoms with Crippen molar-refractivity contribution in [3.05, 3.63) is 17.3 Å². The van der Waals surface area contributed by atoms with Gasteiger partial charge in [-0.15, -0.1) is 0 Å². The molecule has 0 atom stereocenters. The van der Waals surface area contributed by atoms with Gasteiger partial charge in [-0.05, 0) is 36.3 Å². The molecule has 1 aliphatic heterocycles. The van der Waals surface area contributed by atoms with E-state index in [-0.39, 0.29) is 0 Å². The van der Waals surface area contributed by atoms with Gasteiger partial charge in [0.2, 0.25) is 0 Å². The SMILES string of the molecule is Nc1cc(Cl)nc(NCC2CCSCC2)c1. The van der Waals surface area contributed by atoms with Crippen LogP contribution in [0.2, 0.25) is 5.15 Å². The van der Waals surface area contributed by atoms with Crippen LogP contribution >= 0.6 is 23.4 Å². The molecule has 1 aromatic heterocycles. The Bertz CT molecular complexity index is 333. The third kappa shape index (κ3) is 3.46. The molecule has 0 radical (unpaired) electrons. The van der Waals surface area contributed by atoms with Gasteiger partial charge in [0.05, 0.1) is 0 Å². The first-order valence-electron chi connectivity index (χ1n) is 5.49. The fourth-order valence-corrected chi connectivity index (χ4v) is 3.23. The lowest BCUT2D eigenvalue weighted by Crippen LogP contribution is -2.19. The van der Waals surface area contributed by atoms with Gasteiger partial charge in [-0.25, -0.2) is 4.98 Å². The van der Waals surface area contributed by atoms with Crippen LogP contribution in [0.5, 0.6) is 0 Å². The quantitative estimate of drug-likeness (QED) is 0.818. The molecule has 1 saturated heterocycles. The summed E-state index contributed by atoms with van der Waals surface area (Å²) in [6, 6.07) is 3.48. The molecule has 3 N–H and O–H groups in total. The number of nitrogens with zero attached hydrogens (tertiary/aromatic N) is 1. The fraction of sp³-hybridized carbons (Fsp3) is 0.545. The van der Waals surface area contributed by atoms with Crippen molar-refractivity contribution in [1.82, 2.24) is 4.98 Å². The Labute approximate surface area is 105 Å². The molecule has 1 aliphatic rings. The molecule has 88 valence electrons. The number of hydrogen-bond acceptors (Lipinski definition) is 4. The van der Waals surface area contributed by atoms with E-state index in [1.54, 1.807) is 6.07 Å². The lowest BCUT2D eigenvalue weighted by molar-refractivity contribution is 0.515. The molecule has 0 bridgehead atoms. The van der Waals surface area contributed by atoms with Gasteiger partial charge in [0.15, 0.2) is 0 Å². The lowest BCUT2D eigenvalue weighted by atomic mass is 10.0. The first-order chi connectivity index (χ1) is 7.74.